The maximum atomic E-state index is 13.8. The van der Waals surface area contributed by atoms with Crippen molar-refractivity contribution in [3.05, 3.63) is 71.3 Å². The van der Waals surface area contributed by atoms with Gasteiger partial charge < -0.3 is 60.1 Å². The van der Waals surface area contributed by atoms with Crippen LogP contribution < -0.4 is 16.4 Å². The first-order valence-electron chi connectivity index (χ1n) is 29.7. The number of hydrogen-bond donors (Lipinski definition) is 5. The molecule has 466 valence electrons. The van der Waals surface area contributed by atoms with Crippen LogP contribution in [0.3, 0.4) is 0 Å². The average Bonchev–Trinajstić information content (AvgIpc) is 1.90. The van der Waals surface area contributed by atoms with Gasteiger partial charge in [0.1, 0.15) is 18.5 Å². The Labute approximate surface area is 494 Å². The van der Waals surface area contributed by atoms with E-state index in [0.29, 0.717) is 49.8 Å². The predicted molar refractivity (Wildman–Crippen MR) is 311 cm³/mol. The van der Waals surface area contributed by atoms with Gasteiger partial charge in [-0.15, -0.1) is 0 Å². The summed E-state index contributed by atoms with van der Waals surface area (Å²) in [4.78, 5) is 119. The van der Waals surface area contributed by atoms with Gasteiger partial charge in [-0.05, 0) is 87.8 Å². The Morgan fingerprint density at radius 3 is 2.29 bits per heavy atom. The van der Waals surface area contributed by atoms with Gasteiger partial charge in [-0.1, -0.05) is 83.5 Å². The minimum absolute atomic E-state index is 0.00756. The molecule has 4 aliphatic rings. The van der Waals surface area contributed by atoms with Crippen molar-refractivity contribution < 1.29 is 77.0 Å². The zero-order valence-electron chi connectivity index (χ0n) is 50.8. The molecular weight excluding hydrogens is 1080 g/mol. The van der Waals surface area contributed by atoms with E-state index in [1.54, 1.807) is 45.3 Å². The number of nitrogens with zero attached hydrogens (tertiary/aromatic N) is 3. The Bertz CT molecular complexity index is 2530. The average molecular weight is 1180 g/mol. The Hall–Kier alpha value is -6.49. The summed E-state index contributed by atoms with van der Waals surface area (Å²) in [5, 5.41) is 25.3. The molecule has 1 aromatic rings. The molecule has 1 aromatic carbocycles. The molecule has 6 N–H and O–H groups in total. The molecule has 4 aliphatic heterocycles. The highest BCUT2D eigenvalue weighted by molar-refractivity contribution is 6.12. The highest BCUT2D eigenvalue weighted by Crippen LogP contribution is 2.47. The summed E-state index contributed by atoms with van der Waals surface area (Å²) in [6.45, 7) is 16.3. The van der Waals surface area contributed by atoms with Crippen molar-refractivity contribution >= 4 is 53.5 Å². The fraction of sp³-hybridized carbons (Fsp3) is 0.661. The van der Waals surface area contributed by atoms with Crippen molar-refractivity contribution in [1.29, 1.82) is 0 Å². The molecule has 0 aliphatic carbocycles. The molecule has 0 bridgehead atoms. The van der Waals surface area contributed by atoms with Crippen LogP contribution in [0.4, 0.5) is 14.4 Å². The third-order valence-corrected chi connectivity index (χ3v) is 16.7. The normalized spacial score (nSPS) is 24.5. The molecule has 13 atom stereocenters. The number of likely N-dealkylation sites (tertiary alicyclic amines) is 1. The van der Waals surface area contributed by atoms with Crippen molar-refractivity contribution in [2.24, 2.45) is 35.3 Å². The molecule has 0 saturated carbocycles. The number of primary amides is 1. The fourth-order valence-corrected chi connectivity index (χ4v) is 11.8. The summed E-state index contributed by atoms with van der Waals surface area (Å²) in [7, 11) is 3.19. The lowest BCUT2D eigenvalue weighted by Gasteiger charge is -2.40. The van der Waals surface area contributed by atoms with Crippen LogP contribution in [0.15, 0.2) is 60.2 Å². The molecule has 7 amide bonds. The van der Waals surface area contributed by atoms with Crippen LogP contribution >= 0.6 is 0 Å². The van der Waals surface area contributed by atoms with Crippen LogP contribution in [0.25, 0.3) is 0 Å². The van der Waals surface area contributed by atoms with Crippen LogP contribution in [0.1, 0.15) is 137 Å². The molecule has 84 heavy (non-hydrogen) atoms. The number of unbranched alkanes of at least 4 members (excludes halogenated alkanes) is 2. The number of imide groups is 1. The number of epoxide rings is 1. The number of aliphatic hydroxyl groups excluding tert-OH is 1. The SMILES string of the molecule is CO[C@H]([C@@H](C)[C@H]1O[C@]1(C)C[C@H](C)/C=C/C=C(\C)[C@H]1O[C@@H](CC(=O)O)C[C@@H](OC(=O)N2CCC(N(C)C(=O)OCc3ccc(CC(=O)[C@@H](CCCNC(N)=O)NC(=O)[C@H](CC(=O)CCCCCN4C(=O)C=CC4=O)C(C)C)cc3)C2)[C@@H]1C)[C@@H](C)O. The maximum absolute atomic E-state index is 13.8. The van der Waals surface area contributed by atoms with E-state index < -0.39 is 66.5 Å². The Kier molecular flexibility index (Phi) is 26.1. The molecule has 0 radical (unpaired) electrons. The molecule has 0 aromatic heterocycles. The number of carbonyl (C=O) groups excluding carboxylic acids is 8. The number of amides is 7. The molecule has 5 rings (SSSR count). The van der Waals surface area contributed by atoms with Crippen molar-refractivity contribution in [3.63, 3.8) is 0 Å². The number of carboxylic acids is 1. The summed E-state index contributed by atoms with van der Waals surface area (Å²) >= 11 is 0. The van der Waals surface area contributed by atoms with E-state index in [1.165, 1.54) is 22.0 Å². The first-order chi connectivity index (χ1) is 39.7. The van der Waals surface area contributed by atoms with E-state index in [9.17, 15) is 53.4 Å². The number of Topliss-reactive ketones (excluding diaryl/α,β-unsaturated/α-hetero) is 2. The number of ketones is 2. The third kappa shape index (κ3) is 20.4. The highest BCUT2D eigenvalue weighted by atomic mass is 16.6. The Morgan fingerprint density at radius 1 is 0.976 bits per heavy atom. The van der Waals surface area contributed by atoms with Gasteiger partial charge in [0.25, 0.3) is 11.8 Å². The number of aliphatic hydroxyl groups is 1. The van der Waals surface area contributed by atoms with Crippen LogP contribution in [-0.4, -0.2) is 173 Å². The van der Waals surface area contributed by atoms with Gasteiger partial charge in [0.2, 0.25) is 5.91 Å². The molecule has 4 heterocycles. The van der Waals surface area contributed by atoms with E-state index in [2.05, 4.69) is 30.6 Å². The Morgan fingerprint density at radius 2 is 1.65 bits per heavy atom. The molecule has 3 fully saturated rings. The summed E-state index contributed by atoms with van der Waals surface area (Å²) in [6.07, 6.45) is 7.99. The number of aliphatic carboxylic acids is 1. The highest BCUT2D eigenvalue weighted by Gasteiger charge is 2.57. The lowest BCUT2D eigenvalue weighted by atomic mass is 9.85. The second-order valence-electron chi connectivity index (χ2n) is 24.0. The summed E-state index contributed by atoms with van der Waals surface area (Å²) < 4.78 is 29.8. The van der Waals surface area contributed by atoms with Crippen LogP contribution in [-0.2, 0) is 65.5 Å². The van der Waals surface area contributed by atoms with Crippen LogP contribution in [0.5, 0.6) is 0 Å². The largest absolute Gasteiger partial charge is 0.481 e. The number of nitrogens with one attached hydrogen (secondary N) is 2. The number of methoxy groups -OCH3 is 1. The smallest absolute Gasteiger partial charge is 0.410 e. The maximum Gasteiger partial charge on any atom is 0.410 e. The number of hydrogen-bond acceptors (Lipinski definition) is 15. The fourth-order valence-electron chi connectivity index (χ4n) is 11.8. The summed E-state index contributed by atoms with van der Waals surface area (Å²) in [5.41, 5.74) is 7.04. The minimum Gasteiger partial charge on any atom is -0.481 e. The lowest BCUT2D eigenvalue weighted by Crippen LogP contribution is -2.47. The summed E-state index contributed by atoms with van der Waals surface area (Å²) in [5.74, 6) is -3.62. The van der Waals surface area contributed by atoms with Crippen molar-refractivity contribution in [2.45, 2.75) is 193 Å². The van der Waals surface area contributed by atoms with E-state index in [-0.39, 0.29) is 136 Å². The number of rotatable bonds is 33. The Balaban J connectivity index is 1.09. The number of allylic oxidation sites excluding steroid dienone is 3. The first-order valence-corrected chi connectivity index (χ1v) is 29.7. The van der Waals surface area contributed by atoms with Gasteiger partial charge in [0, 0.05) is 95.9 Å². The minimum atomic E-state index is -1.03. The molecule has 22 nitrogen and oxygen atoms in total. The molecular formula is C62H92N6O16. The number of carboxylic acid groups (broad SMARTS) is 1. The number of likely N-dealkylation sites (N-methyl/N-ethyl adjacent to an activating group) is 1. The van der Waals surface area contributed by atoms with Gasteiger partial charge in [-0.25, -0.2) is 14.4 Å². The van der Waals surface area contributed by atoms with Crippen LogP contribution in [0.2, 0.25) is 0 Å². The lowest BCUT2D eigenvalue weighted by molar-refractivity contribution is -0.151. The van der Waals surface area contributed by atoms with Gasteiger partial charge in [0.05, 0.1) is 54.6 Å². The molecule has 3 saturated heterocycles. The number of carbonyl (C=O) groups is 9. The second-order valence-corrected chi connectivity index (χ2v) is 24.0. The molecule has 0 spiro atoms. The zero-order chi connectivity index (χ0) is 62.0. The molecule has 22 heteroatoms. The monoisotopic (exact) mass is 1180 g/mol. The van der Waals surface area contributed by atoms with E-state index in [1.807, 2.05) is 46.8 Å². The van der Waals surface area contributed by atoms with Gasteiger partial charge in [0.15, 0.2) is 5.78 Å². The van der Waals surface area contributed by atoms with Gasteiger partial charge in [-0.3, -0.25) is 33.7 Å². The van der Waals surface area contributed by atoms with Crippen LogP contribution in [0, 0.1) is 29.6 Å². The van der Waals surface area contributed by atoms with Gasteiger partial charge >= 0.3 is 24.2 Å². The third-order valence-electron chi connectivity index (χ3n) is 16.7. The second kappa shape index (κ2) is 32.1. The van der Waals surface area contributed by atoms with Crippen molar-refractivity contribution in [2.75, 3.05) is 40.3 Å². The summed E-state index contributed by atoms with van der Waals surface area (Å²) in [6, 6.07) is 4.91. The molecule has 1 unspecified atom stereocenters. The topological polar surface area (TPSA) is 303 Å². The standard InChI is InChI=1S/C62H92N6O16/c1-37(2)48(31-46(70)18-12-11-13-28-68-52(72)24-25-53(68)73)58(76)65-49(19-15-27-64-59(63)77)50(71)30-43-20-22-44(23-21-43)36-81-60(78)66(9)45-26-29-67(35-45)61(79)83-51-32-47(33-54(74)75)82-55(40(51)5)39(4)17-14-16-38(3)34-62(8)57(84-62)41(6)56(80-10)42(7)69/h14,16-17,20-25,37-38,40-42,45,47-49,51,55-57,69H,11-13,15,18-19,26-36H2,1-10H3,(H,65,76)(H,74,75)(H3,63,64,77)/b16-14+,39-17+/t38-,40+,41-,42-,45?,47-,48-,49-,51-,55-,56-,57-,62-/m1/s1. The number of nitrogens with two attached hydrogens (primary N) is 1. The number of urea groups is 1. The number of benzene rings is 1. The van der Waals surface area contributed by atoms with E-state index >= 15 is 0 Å². The quantitative estimate of drug-likeness (QED) is 0.0215. The van der Waals surface area contributed by atoms with Gasteiger partial charge in [-0.2, -0.15) is 0 Å². The number of ether oxygens (including phenoxy) is 5. The van der Waals surface area contributed by atoms with E-state index in [0.717, 1.165) is 16.9 Å². The van der Waals surface area contributed by atoms with Crippen molar-refractivity contribution in [1.82, 2.24) is 25.3 Å². The van der Waals surface area contributed by atoms with E-state index in [4.69, 9.17) is 29.4 Å². The zero-order valence-corrected chi connectivity index (χ0v) is 50.8. The predicted octanol–water partition coefficient (Wildman–Crippen LogP) is 6.58. The first kappa shape index (κ1) is 68.3. The van der Waals surface area contributed by atoms with Crippen molar-refractivity contribution in [3.8, 4) is 0 Å².